The maximum absolute atomic E-state index is 12.0. The van der Waals surface area contributed by atoms with Crippen molar-refractivity contribution in [3.05, 3.63) is 0 Å². The molecule has 0 aliphatic rings. The molecular weight excluding hydrogens is 236 g/mol. The maximum Gasteiger partial charge on any atom is 0.326 e. The average molecular weight is 260 g/mol. The smallest absolute Gasteiger partial charge is 0.326 e. The van der Waals surface area contributed by atoms with Gasteiger partial charge in [-0.05, 0) is 19.3 Å². The van der Waals surface area contributed by atoms with Crippen molar-refractivity contribution in [3.63, 3.8) is 0 Å². The van der Waals surface area contributed by atoms with Crippen molar-refractivity contribution in [2.24, 2.45) is 5.41 Å². The van der Waals surface area contributed by atoms with Gasteiger partial charge in [0.1, 0.15) is 6.04 Å². The number of carboxylic acids is 1. The van der Waals surface area contributed by atoms with Crippen LogP contribution in [0.1, 0.15) is 34.6 Å². The predicted molar refractivity (Wildman–Crippen MR) is 68.3 cm³/mol. The molecule has 0 bridgehead atoms. The summed E-state index contributed by atoms with van der Waals surface area (Å²) in [5.41, 5.74) is -1.34. The van der Waals surface area contributed by atoms with E-state index < -0.39 is 29.0 Å². The van der Waals surface area contributed by atoms with Crippen LogP contribution in [-0.4, -0.2) is 52.3 Å². The van der Waals surface area contributed by atoms with E-state index in [1.54, 1.807) is 34.6 Å². The second-order valence-corrected chi connectivity index (χ2v) is 6.12. The second kappa shape index (κ2) is 5.56. The van der Waals surface area contributed by atoms with Crippen LogP contribution in [0, 0.1) is 5.41 Å². The number of nitrogens with one attached hydrogen (secondary N) is 1. The molecule has 0 spiro atoms. The highest BCUT2D eigenvalue weighted by Crippen LogP contribution is 2.20. The Morgan fingerprint density at radius 1 is 1.22 bits per heavy atom. The lowest BCUT2D eigenvalue weighted by atomic mass is 9.87. The third kappa shape index (κ3) is 4.18. The van der Waals surface area contributed by atoms with Gasteiger partial charge < -0.3 is 20.4 Å². The average Bonchev–Trinajstić information content (AvgIpc) is 2.22. The molecule has 0 aliphatic heterocycles. The van der Waals surface area contributed by atoms with Gasteiger partial charge in [0.2, 0.25) is 0 Å². The fourth-order valence-electron chi connectivity index (χ4n) is 1.25. The van der Waals surface area contributed by atoms with Gasteiger partial charge in [0, 0.05) is 7.05 Å². The lowest BCUT2D eigenvalue weighted by molar-refractivity contribution is -0.142. The van der Waals surface area contributed by atoms with Crippen LogP contribution in [0.3, 0.4) is 0 Å². The third-order valence-electron chi connectivity index (χ3n) is 2.98. The highest BCUT2D eigenvalue weighted by molar-refractivity contribution is 5.83. The predicted octanol–water partition coefficient (Wildman–Crippen LogP) is 0.898. The number of aliphatic hydroxyl groups excluding tert-OH is 1. The Hall–Kier alpha value is -1.30. The molecule has 3 N–H and O–H groups in total. The van der Waals surface area contributed by atoms with Crippen molar-refractivity contribution in [2.75, 3.05) is 13.7 Å². The Labute approximate surface area is 108 Å². The van der Waals surface area contributed by atoms with Gasteiger partial charge in [-0.25, -0.2) is 9.59 Å². The standard InChI is InChI=1S/C12H24N2O4/c1-11(2,3)8(9(16)17)13-10(18)14(6)12(4,5)7-15/h8,15H,7H2,1-6H3,(H,13,18)(H,16,17)/t8-/m1/s1. The summed E-state index contributed by atoms with van der Waals surface area (Å²) >= 11 is 0. The number of nitrogens with zero attached hydrogens (tertiary/aromatic N) is 1. The molecule has 0 unspecified atom stereocenters. The van der Waals surface area contributed by atoms with Gasteiger partial charge in [-0.3, -0.25) is 0 Å². The zero-order valence-corrected chi connectivity index (χ0v) is 11.9. The zero-order chi connectivity index (χ0) is 14.7. The first-order valence-corrected chi connectivity index (χ1v) is 5.81. The molecule has 106 valence electrons. The van der Waals surface area contributed by atoms with Crippen LogP contribution in [0.15, 0.2) is 0 Å². The van der Waals surface area contributed by atoms with E-state index in [0.717, 1.165) is 0 Å². The van der Waals surface area contributed by atoms with Crippen LogP contribution >= 0.6 is 0 Å². The summed E-state index contributed by atoms with van der Waals surface area (Å²) in [6.07, 6.45) is 0. The Morgan fingerprint density at radius 3 is 1.94 bits per heavy atom. The number of rotatable bonds is 4. The number of hydrogen-bond acceptors (Lipinski definition) is 3. The lowest BCUT2D eigenvalue weighted by Crippen LogP contribution is -2.57. The lowest BCUT2D eigenvalue weighted by Gasteiger charge is -2.36. The number of carbonyl (C=O) groups excluding carboxylic acids is 1. The minimum Gasteiger partial charge on any atom is -0.480 e. The molecule has 0 rings (SSSR count). The molecule has 0 heterocycles. The molecule has 6 nitrogen and oxygen atoms in total. The van der Waals surface area contributed by atoms with Crippen molar-refractivity contribution in [2.45, 2.75) is 46.2 Å². The first kappa shape index (κ1) is 16.7. The molecule has 0 fully saturated rings. The quantitative estimate of drug-likeness (QED) is 0.700. The Morgan fingerprint density at radius 2 is 1.67 bits per heavy atom. The second-order valence-electron chi connectivity index (χ2n) is 6.12. The van der Waals surface area contributed by atoms with Gasteiger partial charge >= 0.3 is 12.0 Å². The van der Waals surface area contributed by atoms with Gasteiger partial charge in [0.05, 0.1) is 12.1 Å². The fourth-order valence-corrected chi connectivity index (χ4v) is 1.25. The van der Waals surface area contributed by atoms with Crippen molar-refractivity contribution in [1.29, 1.82) is 0 Å². The summed E-state index contributed by atoms with van der Waals surface area (Å²) in [4.78, 5) is 24.4. The fraction of sp³-hybridized carbons (Fsp3) is 0.833. The number of aliphatic carboxylic acids is 1. The van der Waals surface area contributed by atoms with Crippen molar-refractivity contribution in [1.82, 2.24) is 10.2 Å². The highest BCUT2D eigenvalue weighted by Gasteiger charge is 2.35. The molecule has 2 amide bonds. The van der Waals surface area contributed by atoms with Crippen LogP contribution in [-0.2, 0) is 4.79 Å². The molecule has 0 aromatic carbocycles. The summed E-state index contributed by atoms with van der Waals surface area (Å²) in [7, 11) is 1.52. The SMILES string of the molecule is CN(C(=O)N[C@H](C(=O)O)C(C)(C)C)C(C)(C)CO. The summed E-state index contributed by atoms with van der Waals surface area (Å²) in [5.74, 6) is -1.08. The van der Waals surface area contributed by atoms with Crippen LogP contribution in [0.25, 0.3) is 0 Å². The van der Waals surface area contributed by atoms with Gasteiger partial charge in [-0.2, -0.15) is 0 Å². The van der Waals surface area contributed by atoms with Crippen LogP contribution in [0.4, 0.5) is 4.79 Å². The Kier molecular flexibility index (Phi) is 5.16. The number of aliphatic hydroxyl groups is 1. The van der Waals surface area contributed by atoms with Gasteiger partial charge in [0.25, 0.3) is 0 Å². The number of carbonyl (C=O) groups is 2. The van der Waals surface area contributed by atoms with E-state index >= 15 is 0 Å². The topological polar surface area (TPSA) is 89.9 Å². The monoisotopic (exact) mass is 260 g/mol. The minimum atomic E-state index is -1.08. The van der Waals surface area contributed by atoms with Crippen LogP contribution in [0.2, 0.25) is 0 Å². The molecule has 0 saturated carbocycles. The summed E-state index contributed by atoms with van der Waals surface area (Å²) in [5, 5.41) is 20.8. The summed E-state index contributed by atoms with van der Waals surface area (Å²) < 4.78 is 0. The molecule has 0 saturated heterocycles. The van der Waals surface area contributed by atoms with E-state index in [1.807, 2.05) is 0 Å². The first-order chi connectivity index (χ1) is 7.93. The number of urea groups is 1. The number of hydrogen-bond donors (Lipinski definition) is 3. The van der Waals surface area contributed by atoms with E-state index in [2.05, 4.69) is 5.32 Å². The molecular formula is C12H24N2O4. The van der Waals surface area contributed by atoms with Gasteiger partial charge in [-0.1, -0.05) is 20.8 Å². The van der Waals surface area contributed by atoms with E-state index in [1.165, 1.54) is 11.9 Å². The Balaban J connectivity index is 4.88. The van der Waals surface area contributed by atoms with E-state index in [4.69, 9.17) is 5.11 Å². The largest absolute Gasteiger partial charge is 0.480 e. The first-order valence-electron chi connectivity index (χ1n) is 5.81. The van der Waals surface area contributed by atoms with Gasteiger partial charge in [-0.15, -0.1) is 0 Å². The van der Waals surface area contributed by atoms with Crippen molar-refractivity contribution >= 4 is 12.0 Å². The van der Waals surface area contributed by atoms with Crippen LogP contribution < -0.4 is 5.32 Å². The van der Waals surface area contributed by atoms with E-state index in [9.17, 15) is 14.7 Å². The third-order valence-corrected chi connectivity index (χ3v) is 2.98. The molecule has 18 heavy (non-hydrogen) atoms. The molecule has 0 radical (unpaired) electrons. The maximum atomic E-state index is 12.0. The van der Waals surface area contributed by atoms with Crippen molar-refractivity contribution < 1.29 is 19.8 Å². The zero-order valence-electron chi connectivity index (χ0n) is 11.9. The normalized spacial score (nSPS) is 13.9. The minimum absolute atomic E-state index is 0.204. The summed E-state index contributed by atoms with van der Waals surface area (Å²) in [6, 6.07) is -1.50. The molecule has 0 aliphatic carbocycles. The van der Waals surface area contributed by atoms with Gasteiger partial charge in [0.15, 0.2) is 0 Å². The molecule has 0 aromatic rings. The van der Waals surface area contributed by atoms with Crippen molar-refractivity contribution in [3.8, 4) is 0 Å². The Bertz CT molecular complexity index is 321. The van der Waals surface area contributed by atoms with Crippen LogP contribution in [0.5, 0.6) is 0 Å². The summed E-state index contributed by atoms with van der Waals surface area (Å²) in [6.45, 7) is 8.40. The number of amides is 2. The number of carboxylic acid groups (broad SMARTS) is 1. The molecule has 1 atom stereocenters. The number of likely N-dealkylation sites (N-methyl/N-ethyl adjacent to an activating group) is 1. The molecule has 6 heteroatoms. The molecule has 0 aromatic heterocycles. The van der Waals surface area contributed by atoms with E-state index in [0.29, 0.717) is 0 Å². The van der Waals surface area contributed by atoms with E-state index in [-0.39, 0.29) is 6.61 Å². The highest BCUT2D eigenvalue weighted by atomic mass is 16.4.